The summed E-state index contributed by atoms with van der Waals surface area (Å²) < 4.78 is 16.9. The van der Waals surface area contributed by atoms with Crippen LogP contribution >= 0.6 is 0 Å². The van der Waals surface area contributed by atoms with Crippen molar-refractivity contribution in [3.63, 3.8) is 0 Å². The Morgan fingerprint density at radius 1 is 1.11 bits per heavy atom. The number of rotatable bonds is 4. The van der Waals surface area contributed by atoms with Crippen molar-refractivity contribution in [2.75, 3.05) is 20.8 Å². The molecule has 1 aliphatic rings. The van der Waals surface area contributed by atoms with Gasteiger partial charge in [-0.25, -0.2) is 0 Å². The molecule has 144 valence electrons. The summed E-state index contributed by atoms with van der Waals surface area (Å²) in [7, 11) is 3.23. The molecule has 1 amide bonds. The number of nitrogens with zero attached hydrogens (tertiary/aromatic N) is 1. The Kier molecular flexibility index (Phi) is 4.34. The largest absolute Gasteiger partial charge is 0.493 e. The number of benzene rings is 2. The topological polar surface area (TPSA) is 69.0 Å². The molecule has 2 heterocycles. The third-order valence-corrected chi connectivity index (χ3v) is 5.06. The Labute approximate surface area is 162 Å². The van der Waals surface area contributed by atoms with Crippen molar-refractivity contribution in [3.8, 4) is 11.5 Å². The van der Waals surface area contributed by atoms with Crippen LogP contribution in [0.15, 0.2) is 45.6 Å². The van der Waals surface area contributed by atoms with Gasteiger partial charge in [-0.1, -0.05) is 17.7 Å². The highest BCUT2D eigenvalue weighted by Gasteiger charge is 2.41. The van der Waals surface area contributed by atoms with Gasteiger partial charge in [-0.2, -0.15) is 0 Å². The van der Waals surface area contributed by atoms with E-state index in [9.17, 15) is 9.59 Å². The number of carbonyl (C=O) groups excluding carboxylic acids is 1. The third kappa shape index (κ3) is 2.64. The van der Waals surface area contributed by atoms with Crippen LogP contribution < -0.4 is 14.9 Å². The van der Waals surface area contributed by atoms with E-state index in [0.717, 1.165) is 11.1 Å². The second kappa shape index (κ2) is 6.71. The highest BCUT2D eigenvalue weighted by molar-refractivity contribution is 5.98. The van der Waals surface area contributed by atoms with E-state index in [0.29, 0.717) is 34.6 Å². The van der Waals surface area contributed by atoms with Crippen LogP contribution in [0.1, 0.15) is 40.2 Å². The van der Waals surface area contributed by atoms with Crippen molar-refractivity contribution in [3.05, 3.63) is 69.1 Å². The number of aryl methyl sites for hydroxylation is 1. The van der Waals surface area contributed by atoms with E-state index >= 15 is 0 Å². The fraction of sp³-hybridized carbons (Fsp3) is 0.273. The average Bonchev–Trinajstić information content (AvgIpc) is 2.94. The quantitative estimate of drug-likeness (QED) is 0.692. The molecule has 1 aliphatic heterocycles. The normalized spacial score (nSPS) is 15.8. The van der Waals surface area contributed by atoms with Gasteiger partial charge in [0.2, 0.25) is 5.76 Å². The molecule has 6 nitrogen and oxygen atoms in total. The summed E-state index contributed by atoms with van der Waals surface area (Å²) in [5, 5.41) is 0.477. The molecule has 0 saturated heterocycles. The summed E-state index contributed by atoms with van der Waals surface area (Å²) in [6, 6.07) is 10.3. The smallest absolute Gasteiger partial charge is 0.290 e. The fourth-order valence-corrected chi connectivity index (χ4v) is 3.72. The zero-order valence-corrected chi connectivity index (χ0v) is 16.2. The Bertz CT molecular complexity index is 1150. The van der Waals surface area contributed by atoms with Gasteiger partial charge in [0.15, 0.2) is 16.9 Å². The summed E-state index contributed by atoms with van der Waals surface area (Å²) in [6.07, 6.45) is 0. The van der Waals surface area contributed by atoms with Crippen molar-refractivity contribution in [1.29, 1.82) is 0 Å². The molecule has 0 N–H and O–H groups in total. The van der Waals surface area contributed by atoms with Crippen molar-refractivity contribution in [2.45, 2.75) is 19.9 Å². The van der Waals surface area contributed by atoms with E-state index in [1.165, 1.54) is 4.90 Å². The van der Waals surface area contributed by atoms with Crippen molar-refractivity contribution >= 4 is 16.9 Å². The van der Waals surface area contributed by atoms with E-state index < -0.39 is 6.04 Å². The van der Waals surface area contributed by atoms with Gasteiger partial charge in [-0.15, -0.1) is 0 Å². The van der Waals surface area contributed by atoms with Crippen LogP contribution in [0.25, 0.3) is 11.0 Å². The zero-order valence-electron chi connectivity index (χ0n) is 16.2. The number of fused-ring (bicyclic) bond motifs is 2. The fourth-order valence-electron chi connectivity index (χ4n) is 3.72. The van der Waals surface area contributed by atoms with Crippen LogP contribution in [0.3, 0.4) is 0 Å². The number of hydrogen-bond acceptors (Lipinski definition) is 5. The molecule has 0 spiro atoms. The van der Waals surface area contributed by atoms with Gasteiger partial charge in [0, 0.05) is 7.05 Å². The molecule has 0 bridgehead atoms. The van der Waals surface area contributed by atoms with Gasteiger partial charge in [-0.05, 0) is 43.7 Å². The first-order chi connectivity index (χ1) is 13.5. The number of methoxy groups -OCH3 is 1. The lowest BCUT2D eigenvalue weighted by Crippen LogP contribution is -2.25. The minimum Gasteiger partial charge on any atom is -0.493 e. The summed E-state index contributed by atoms with van der Waals surface area (Å²) >= 11 is 0. The second-order valence-corrected chi connectivity index (χ2v) is 6.84. The third-order valence-electron chi connectivity index (χ3n) is 5.06. The summed E-state index contributed by atoms with van der Waals surface area (Å²) in [5.74, 6) is 0.950. The average molecular weight is 379 g/mol. The summed E-state index contributed by atoms with van der Waals surface area (Å²) in [5.41, 5.74) is 2.30. The van der Waals surface area contributed by atoms with Crippen LogP contribution in [-0.2, 0) is 0 Å². The van der Waals surface area contributed by atoms with Gasteiger partial charge in [0.05, 0.1) is 30.7 Å². The molecular formula is C22H21NO5. The standard InChI is InChI=1S/C22H21NO5/c1-5-27-16-9-7-13(11-17(16)26-4)19-18-20(24)14-10-12(2)6-8-15(14)28-21(18)22(25)23(19)3/h6-11,19H,5H2,1-4H3. The molecule has 1 unspecified atom stereocenters. The number of ether oxygens (including phenoxy) is 2. The Hall–Kier alpha value is -3.28. The summed E-state index contributed by atoms with van der Waals surface area (Å²) in [6.45, 7) is 4.32. The first-order valence-corrected chi connectivity index (χ1v) is 9.11. The lowest BCUT2D eigenvalue weighted by Gasteiger charge is -2.21. The minimum absolute atomic E-state index is 0.0988. The predicted molar refractivity (Wildman–Crippen MR) is 105 cm³/mol. The number of amides is 1. The predicted octanol–water partition coefficient (Wildman–Crippen LogP) is 3.68. The van der Waals surface area contributed by atoms with Gasteiger partial charge in [0.25, 0.3) is 5.91 Å². The van der Waals surface area contributed by atoms with Crippen LogP contribution in [0.4, 0.5) is 0 Å². The second-order valence-electron chi connectivity index (χ2n) is 6.84. The molecule has 0 aliphatic carbocycles. The van der Waals surface area contributed by atoms with E-state index in [-0.39, 0.29) is 17.1 Å². The highest BCUT2D eigenvalue weighted by Crippen LogP contribution is 2.40. The lowest BCUT2D eigenvalue weighted by atomic mass is 9.98. The van der Waals surface area contributed by atoms with Crippen LogP contribution in [-0.4, -0.2) is 31.6 Å². The van der Waals surface area contributed by atoms with Crippen molar-refractivity contribution < 1.29 is 18.7 Å². The lowest BCUT2D eigenvalue weighted by molar-refractivity contribution is 0.0771. The Morgan fingerprint density at radius 3 is 2.61 bits per heavy atom. The molecule has 1 atom stereocenters. The Balaban J connectivity index is 1.94. The molecule has 4 rings (SSSR count). The highest BCUT2D eigenvalue weighted by atomic mass is 16.5. The maximum atomic E-state index is 13.3. The minimum atomic E-state index is -0.548. The SMILES string of the molecule is CCOc1ccc(C2c3c(oc4ccc(C)cc4c3=O)C(=O)N2C)cc1OC. The van der Waals surface area contributed by atoms with Crippen molar-refractivity contribution in [2.24, 2.45) is 0 Å². The summed E-state index contributed by atoms with van der Waals surface area (Å²) in [4.78, 5) is 27.6. The molecule has 1 aromatic heterocycles. The van der Waals surface area contributed by atoms with Crippen LogP contribution in [0, 0.1) is 6.92 Å². The molecular weight excluding hydrogens is 358 g/mol. The molecule has 2 aromatic carbocycles. The molecule has 3 aromatic rings. The molecule has 28 heavy (non-hydrogen) atoms. The number of carbonyl (C=O) groups is 1. The molecule has 0 fully saturated rings. The van der Waals surface area contributed by atoms with E-state index in [4.69, 9.17) is 13.9 Å². The van der Waals surface area contributed by atoms with E-state index in [1.54, 1.807) is 38.4 Å². The van der Waals surface area contributed by atoms with Crippen molar-refractivity contribution in [1.82, 2.24) is 4.90 Å². The van der Waals surface area contributed by atoms with Gasteiger partial charge in [0.1, 0.15) is 5.58 Å². The van der Waals surface area contributed by atoms with Crippen LogP contribution in [0.2, 0.25) is 0 Å². The first-order valence-electron chi connectivity index (χ1n) is 9.11. The maximum absolute atomic E-state index is 13.3. The van der Waals surface area contributed by atoms with Gasteiger partial charge >= 0.3 is 0 Å². The van der Waals surface area contributed by atoms with E-state index in [1.807, 2.05) is 26.0 Å². The zero-order chi connectivity index (χ0) is 20.0. The Morgan fingerprint density at radius 2 is 1.89 bits per heavy atom. The molecule has 6 heteroatoms. The van der Waals surface area contributed by atoms with Gasteiger partial charge < -0.3 is 18.8 Å². The van der Waals surface area contributed by atoms with Crippen LogP contribution in [0.5, 0.6) is 11.5 Å². The molecule has 0 radical (unpaired) electrons. The first kappa shape index (κ1) is 18.1. The number of hydrogen-bond donors (Lipinski definition) is 0. The monoisotopic (exact) mass is 379 g/mol. The molecule has 0 saturated carbocycles. The van der Waals surface area contributed by atoms with Gasteiger partial charge in [-0.3, -0.25) is 9.59 Å². The van der Waals surface area contributed by atoms with E-state index in [2.05, 4.69) is 0 Å². The maximum Gasteiger partial charge on any atom is 0.290 e.